The third kappa shape index (κ3) is 5.78. The Labute approximate surface area is 199 Å². The maximum absolute atomic E-state index is 13.6. The lowest BCUT2D eigenvalue weighted by Gasteiger charge is -2.22. The standard InChI is InChI=1S/C26H26ClNO2S2/c27-24-11-3-7-21(19-24)8-4-16-28(17-5-12-25-13-6-18-31-25)32(29,30)26-15-14-22-9-1-2-10-23(22)20-26/h1-3,6-7,9-11,13-15,18-20H,4-5,8,12,16-17H2. The maximum Gasteiger partial charge on any atom is 0.243 e. The molecule has 166 valence electrons. The molecule has 3 aromatic carbocycles. The van der Waals surface area contributed by atoms with Crippen molar-refractivity contribution in [3.63, 3.8) is 0 Å². The van der Waals surface area contributed by atoms with Crippen molar-refractivity contribution in [2.45, 2.75) is 30.6 Å². The van der Waals surface area contributed by atoms with Crippen LogP contribution in [0.25, 0.3) is 10.8 Å². The van der Waals surface area contributed by atoms with Gasteiger partial charge in [-0.15, -0.1) is 11.3 Å². The van der Waals surface area contributed by atoms with Gasteiger partial charge in [0, 0.05) is 23.0 Å². The number of fused-ring (bicyclic) bond motifs is 1. The number of halogens is 1. The number of sulfonamides is 1. The average molecular weight is 484 g/mol. The summed E-state index contributed by atoms with van der Waals surface area (Å²) in [6.07, 6.45) is 3.21. The molecule has 0 bridgehead atoms. The molecule has 0 saturated heterocycles. The minimum absolute atomic E-state index is 0.357. The Morgan fingerprint density at radius 3 is 2.31 bits per heavy atom. The van der Waals surface area contributed by atoms with Gasteiger partial charge in [0.05, 0.1) is 4.90 Å². The van der Waals surface area contributed by atoms with Crippen LogP contribution in [0.3, 0.4) is 0 Å². The summed E-state index contributed by atoms with van der Waals surface area (Å²) < 4.78 is 28.8. The van der Waals surface area contributed by atoms with Gasteiger partial charge in [0.25, 0.3) is 0 Å². The highest BCUT2D eigenvalue weighted by molar-refractivity contribution is 7.89. The molecule has 4 aromatic rings. The van der Waals surface area contributed by atoms with Crippen LogP contribution in [0, 0.1) is 0 Å². The highest BCUT2D eigenvalue weighted by Crippen LogP contribution is 2.23. The van der Waals surface area contributed by atoms with Gasteiger partial charge in [-0.25, -0.2) is 8.42 Å². The molecule has 3 nitrogen and oxygen atoms in total. The predicted octanol–water partition coefficient (Wildman–Crippen LogP) is 6.81. The first-order valence-corrected chi connectivity index (χ1v) is 13.5. The molecule has 0 unspecified atom stereocenters. The first-order chi connectivity index (χ1) is 15.5. The van der Waals surface area contributed by atoms with Gasteiger partial charge in [0.1, 0.15) is 0 Å². The summed E-state index contributed by atoms with van der Waals surface area (Å²) in [6.45, 7) is 0.981. The molecule has 1 heterocycles. The van der Waals surface area contributed by atoms with Crippen LogP contribution in [0.2, 0.25) is 5.02 Å². The highest BCUT2D eigenvalue weighted by atomic mass is 35.5. The number of hydrogen-bond donors (Lipinski definition) is 0. The van der Waals surface area contributed by atoms with E-state index in [4.69, 9.17) is 11.6 Å². The van der Waals surface area contributed by atoms with E-state index in [9.17, 15) is 8.42 Å². The summed E-state index contributed by atoms with van der Waals surface area (Å²) in [4.78, 5) is 1.64. The molecule has 4 rings (SSSR count). The first kappa shape index (κ1) is 23.0. The van der Waals surface area contributed by atoms with Gasteiger partial charge >= 0.3 is 0 Å². The van der Waals surface area contributed by atoms with Crippen LogP contribution in [0.5, 0.6) is 0 Å². The molecule has 0 spiro atoms. The van der Waals surface area contributed by atoms with Crippen LogP contribution >= 0.6 is 22.9 Å². The van der Waals surface area contributed by atoms with Crippen LogP contribution in [0.4, 0.5) is 0 Å². The molecule has 0 aliphatic carbocycles. The molecule has 0 aliphatic heterocycles. The van der Waals surface area contributed by atoms with E-state index in [2.05, 4.69) is 11.4 Å². The van der Waals surface area contributed by atoms with Gasteiger partial charge in [-0.3, -0.25) is 0 Å². The summed E-state index contributed by atoms with van der Waals surface area (Å²) >= 11 is 7.81. The highest BCUT2D eigenvalue weighted by Gasteiger charge is 2.24. The number of thiophene rings is 1. The minimum atomic E-state index is -3.59. The fourth-order valence-corrected chi connectivity index (χ4v) is 6.38. The van der Waals surface area contributed by atoms with Gasteiger partial charge in [0.15, 0.2) is 0 Å². The van der Waals surface area contributed by atoms with Crippen molar-refractivity contribution in [2.24, 2.45) is 0 Å². The predicted molar refractivity (Wildman–Crippen MR) is 135 cm³/mol. The Morgan fingerprint density at radius 2 is 1.56 bits per heavy atom. The van der Waals surface area contributed by atoms with Crippen LogP contribution < -0.4 is 0 Å². The van der Waals surface area contributed by atoms with Crippen molar-refractivity contribution >= 4 is 43.7 Å². The molecular weight excluding hydrogens is 458 g/mol. The Balaban J connectivity index is 1.51. The molecule has 0 fully saturated rings. The van der Waals surface area contributed by atoms with Gasteiger partial charge in [-0.1, -0.05) is 60.1 Å². The average Bonchev–Trinajstić information content (AvgIpc) is 3.31. The zero-order valence-corrected chi connectivity index (χ0v) is 20.2. The van der Waals surface area contributed by atoms with Crippen LogP contribution in [0.1, 0.15) is 23.3 Å². The largest absolute Gasteiger partial charge is 0.243 e. The molecule has 0 amide bonds. The number of rotatable bonds is 10. The summed E-state index contributed by atoms with van der Waals surface area (Å²) in [5, 5.41) is 4.74. The third-order valence-corrected chi connectivity index (χ3v) is 8.60. The monoisotopic (exact) mass is 483 g/mol. The lowest BCUT2D eigenvalue weighted by atomic mass is 10.1. The van der Waals surface area contributed by atoms with Crippen molar-refractivity contribution < 1.29 is 8.42 Å². The molecular formula is C26H26ClNO2S2. The maximum atomic E-state index is 13.6. The second-order valence-corrected chi connectivity index (χ2v) is 11.2. The van der Waals surface area contributed by atoms with Gasteiger partial charge in [-0.05, 0) is 77.7 Å². The third-order valence-electron chi connectivity index (χ3n) is 5.53. The Hall–Kier alpha value is -2.18. The topological polar surface area (TPSA) is 37.4 Å². The summed E-state index contributed by atoms with van der Waals surface area (Å²) in [6, 6.07) is 25.1. The lowest BCUT2D eigenvalue weighted by molar-refractivity contribution is 0.399. The molecule has 32 heavy (non-hydrogen) atoms. The number of nitrogens with zero attached hydrogens (tertiary/aromatic N) is 1. The van der Waals surface area contributed by atoms with Crippen molar-refractivity contribution in [2.75, 3.05) is 13.1 Å². The number of hydrogen-bond acceptors (Lipinski definition) is 3. The van der Waals surface area contributed by atoms with E-state index < -0.39 is 10.0 Å². The lowest BCUT2D eigenvalue weighted by Crippen LogP contribution is -2.33. The smallest absolute Gasteiger partial charge is 0.207 e. The zero-order chi connectivity index (χ0) is 22.4. The van der Waals surface area contributed by atoms with E-state index in [-0.39, 0.29) is 0 Å². The first-order valence-electron chi connectivity index (χ1n) is 10.8. The Bertz CT molecular complexity index is 1270. The van der Waals surface area contributed by atoms with Crippen LogP contribution in [-0.4, -0.2) is 25.8 Å². The minimum Gasteiger partial charge on any atom is -0.207 e. The molecule has 0 aliphatic rings. The second-order valence-electron chi connectivity index (χ2n) is 7.83. The second kappa shape index (κ2) is 10.6. The summed E-state index contributed by atoms with van der Waals surface area (Å²) in [5.74, 6) is 0. The SMILES string of the molecule is O=S(=O)(c1ccc2ccccc2c1)N(CCCc1cccc(Cl)c1)CCCc1cccs1. The molecule has 0 N–H and O–H groups in total. The van der Waals surface area contributed by atoms with Crippen molar-refractivity contribution in [3.8, 4) is 0 Å². The molecule has 1 aromatic heterocycles. The van der Waals surface area contributed by atoms with E-state index >= 15 is 0 Å². The molecule has 0 radical (unpaired) electrons. The van der Waals surface area contributed by atoms with Gasteiger partial charge < -0.3 is 0 Å². The van der Waals surface area contributed by atoms with Crippen molar-refractivity contribution in [1.82, 2.24) is 4.31 Å². The van der Waals surface area contributed by atoms with Gasteiger partial charge in [0.2, 0.25) is 10.0 Å². The van der Waals surface area contributed by atoms with Crippen molar-refractivity contribution in [1.29, 1.82) is 0 Å². The number of benzene rings is 3. The Morgan fingerprint density at radius 1 is 0.781 bits per heavy atom. The summed E-state index contributed by atoms with van der Waals surface area (Å²) in [7, 11) is -3.59. The van der Waals surface area contributed by atoms with E-state index in [1.165, 1.54) is 4.88 Å². The fourth-order valence-electron chi connectivity index (χ4n) is 3.87. The van der Waals surface area contributed by atoms with Gasteiger partial charge in [-0.2, -0.15) is 4.31 Å². The van der Waals surface area contributed by atoms with E-state index in [1.54, 1.807) is 27.8 Å². The summed E-state index contributed by atoms with van der Waals surface area (Å²) in [5.41, 5.74) is 1.12. The molecule has 6 heteroatoms. The Kier molecular flexibility index (Phi) is 7.63. The quantitative estimate of drug-likeness (QED) is 0.248. The van der Waals surface area contributed by atoms with Crippen LogP contribution in [-0.2, 0) is 22.9 Å². The fraction of sp³-hybridized carbons (Fsp3) is 0.231. The van der Waals surface area contributed by atoms with Crippen LogP contribution in [0.15, 0.2) is 89.1 Å². The van der Waals surface area contributed by atoms with E-state index in [0.29, 0.717) is 23.0 Å². The normalized spacial score (nSPS) is 11.9. The molecule has 0 atom stereocenters. The number of aryl methyl sites for hydroxylation is 2. The van der Waals surface area contributed by atoms with E-state index in [1.807, 2.05) is 60.7 Å². The molecule has 0 saturated carbocycles. The van der Waals surface area contributed by atoms with E-state index in [0.717, 1.165) is 42.0 Å². The van der Waals surface area contributed by atoms with Crippen molar-refractivity contribution in [3.05, 3.63) is 99.7 Å². The zero-order valence-electron chi connectivity index (χ0n) is 17.8.